The van der Waals surface area contributed by atoms with E-state index in [-0.39, 0.29) is 0 Å². The molecular weight excluding hydrogens is 304 g/mol. The number of thioether (sulfide) groups is 1. The molecule has 1 heterocycles. The molecule has 1 aromatic carbocycles. The van der Waals surface area contributed by atoms with E-state index in [1.165, 1.54) is 7.11 Å². The molecule has 1 atom stereocenters. The Hall–Kier alpha value is -1.37. The Morgan fingerprint density at radius 1 is 1.43 bits per heavy atom. The first kappa shape index (κ1) is 16.0. The lowest BCUT2D eigenvalue weighted by molar-refractivity contribution is -0.147. The number of aryl methyl sites for hydroxylation is 1. The first-order chi connectivity index (χ1) is 10.1. The Balaban J connectivity index is 2.08. The van der Waals surface area contributed by atoms with Gasteiger partial charge in [0.05, 0.1) is 7.11 Å². The smallest absolute Gasteiger partial charge is 0.330 e. The second-order valence-corrected chi connectivity index (χ2v) is 6.88. The predicted molar refractivity (Wildman–Crippen MR) is 86.5 cm³/mol. The van der Waals surface area contributed by atoms with E-state index in [1.54, 1.807) is 23.1 Å². The van der Waals surface area contributed by atoms with E-state index in [2.05, 4.69) is 4.98 Å². The highest BCUT2D eigenvalue weighted by atomic mass is 32.2. The molecule has 4 nitrogen and oxygen atoms in total. The molecular formula is C15H18N2O2S2. The summed E-state index contributed by atoms with van der Waals surface area (Å²) in [5.41, 5.74) is 7.00. The first-order valence-corrected chi connectivity index (χ1v) is 8.40. The largest absolute Gasteiger partial charge is 0.467 e. The molecule has 0 spiro atoms. The van der Waals surface area contributed by atoms with Crippen molar-refractivity contribution >= 4 is 29.1 Å². The van der Waals surface area contributed by atoms with Crippen LogP contribution in [0.4, 0.5) is 0 Å². The van der Waals surface area contributed by atoms with Crippen molar-refractivity contribution in [3.63, 3.8) is 0 Å². The summed E-state index contributed by atoms with van der Waals surface area (Å²) in [5, 5.41) is 2.01. The highest BCUT2D eigenvalue weighted by Gasteiger charge is 2.36. The van der Waals surface area contributed by atoms with Crippen molar-refractivity contribution in [2.24, 2.45) is 5.73 Å². The molecule has 0 aliphatic carbocycles. The van der Waals surface area contributed by atoms with Gasteiger partial charge in [0.1, 0.15) is 9.88 Å². The second kappa shape index (κ2) is 7.06. The van der Waals surface area contributed by atoms with Crippen molar-refractivity contribution in [3.05, 3.63) is 47.0 Å². The van der Waals surface area contributed by atoms with Gasteiger partial charge < -0.3 is 10.5 Å². The quantitative estimate of drug-likeness (QED) is 0.654. The normalized spacial score (nSPS) is 13.7. The average molecular weight is 322 g/mol. The zero-order chi connectivity index (χ0) is 15.3. The summed E-state index contributed by atoms with van der Waals surface area (Å²) in [6.45, 7) is 1.96. The summed E-state index contributed by atoms with van der Waals surface area (Å²) < 4.78 is 5.88. The Kier molecular flexibility index (Phi) is 5.39. The fourth-order valence-electron chi connectivity index (χ4n) is 1.98. The van der Waals surface area contributed by atoms with Gasteiger partial charge in [0.2, 0.25) is 0 Å². The molecule has 0 aliphatic rings. The molecule has 0 saturated carbocycles. The zero-order valence-corrected chi connectivity index (χ0v) is 13.7. The number of carbonyl (C=O) groups excluding carboxylic acids is 1. The summed E-state index contributed by atoms with van der Waals surface area (Å²) in [7, 11) is 1.37. The number of methoxy groups -OCH3 is 1. The van der Waals surface area contributed by atoms with Crippen LogP contribution in [0.5, 0.6) is 0 Å². The van der Waals surface area contributed by atoms with E-state index >= 15 is 0 Å². The van der Waals surface area contributed by atoms with Gasteiger partial charge in [-0.25, -0.2) is 9.78 Å². The lowest BCUT2D eigenvalue weighted by Gasteiger charge is -2.26. The standard InChI is InChI=1S/C15H18N2O2S2/c1-11-10-21-14(17-11)20-9-8-15(16,13(18)19-2)12-6-4-3-5-7-12/h3-7,10H,8-9,16H2,1-2H3. The monoisotopic (exact) mass is 322 g/mol. The molecule has 0 aliphatic heterocycles. The van der Waals surface area contributed by atoms with Crippen molar-refractivity contribution < 1.29 is 9.53 Å². The molecule has 0 fully saturated rings. The molecule has 112 valence electrons. The van der Waals surface area contributed by atoms with Crippen molar-refractivity contribution in [2.75, 3.05) is 12.9 Å². The average Bonchev–Trinajstić information content (AvgIpc) is 2.92. The summed E-state index contributed by atoms with van der Waals surface area (Å²) in [6, 6.07) is 9.35. The third-order valence-electron chi connectivity index (χ3n) is 3.16. The maximum atomic E-state index is 12.1. The highest BCUT2D eigenvalue weighted by Crippen LogP contribution is 2.29. The van der Waals surface area contributed by atoms with Crippen LogP contribution in [0.25, 0.3) is 0 Å². The van der Waals surface area contributed by atoms with Crippen LogP contribution < -0.4 is 5.73 Å². The maximum absolute atomic E-state index is 12.1. The molecule has 1 aromatic heterocycles. The number of hydrogen-bond donors (Lipinski definition) is 1. The van der Waals surface area contributed by atoms with Gasteiger partial charge in [0.25, 0.3) is 0 Å². The molecule has 0 bridgehead atoms. The Morgan fingerprint density at radius 2 is 2.14 bits per heavy atom. The molecule has 0 saturated heterocycles. The fourth-order valence-corrected chi connectivity index (χ4v) is 3.97. The number of carbonyl (C=O) groups is 1. The SMILES string of the molecule is COC(=O)C(N)(CCSc1nc(C)cs1)c1ccccc1. The lowest BCUT2D eigenvalue weighted by atomic mass is 9.88. The van der Waals surface area contributed by atoms with Crippen LogP contribution in [-0.2, 0) is 15.1 Å². The zero-order valence-electron chi connectivity index (χ0n) is 12.0. The van der Waals surface area contributed by atoms with Gasteiger partial charge in [-0.1, -0.05) is 42.1 Å². The number of rotatable bonds is 6. The minimum Gasteiger partial charge on any atom is -0.467 e. The van der Waals surface area contributed by atoms with Crippen LogP contribution in [0.3, 0.4) is 0 Å². The number of hydrogen-bond acceptors (Lipinski definition) is 6. The highest BCUT2D eigenvalue weighted by molar-refractivity contribution is 8.01. The van der Waals surface area contributed by atoms with Gasteiger partial charge in [0, 0.05) is 16.8 Å². The Bertz CT molecular complexity index is 601. The molecule has 2 rings (SSSR count). The molecule has 2 aromatic rings. The van der Waals surface area contributed by atoms with Crippen LogP contribution in [0.1, 0.15) is 17.7 Å². The minimum atomic E-state index is -1.12. The van der Waals surface area contributed by atoms with E-state index in [0.717, 1.165) is 15.6 Å². The fraction of sp³-hybridized carbons (Fsp3) is 0.333. The number of ether oxygens (including phenoxy) is 1. The van der Waals surface area contributed by atoms with Gasteiger partial charge in [-0.05, 0) is 18.9 Å². The topological polar surface area (TPSA) is 65.2 Å². The van der Waals surface area contributed by atoms with Crippen LogP contribution >= 0.6 is 23.1 Å². The van der Waals surface area contributed by atoms with Crippen molar-refractivity contribution in [1.29, 1.82) is 0 Å². The number of nitrogens with two attached hydrogens (primary N) is 1. The summed E-state index contributed by atoms with van der Waals surface area (Å²) >= 11 is 3.22. The maximum Gasteiger partial charge on any atom is 0.330 e. The summed E-state index contributed by atoms with van der Waals surface area (Å²) in [4.78, 5) is 16.5. The number of benzene rings is 1. The van der Waals surface area contributed by atoms with Gasteiger partial charge >= 0.3 is 5.97 Å². The lowest BCUT2D eigenvalue weighted by Crippen LogP contribution is -2.46. The van der Waals surface area contributed by atoms with Crippen LogP contribution in [-0.4, -0.2) is 23.8 Å². The van der Waals surface area contributed by atoms with Crippen molar-refractivity contribution in [3.8, 4) is 0 Å². The van der Waals surface area contributed by atoms with Gasteiger partial charge in [0.15, 0.2) is 0 Å². The Labute approximate surface area is 132 Å². The van der Waals surface area contributed by atoms with Crippen molar-refractivity contribution in [2.45, 2.75) is 23.2 Å². The number of aromatic nitrogens is 1. The van der Waals surface area contributed by atoms with Crippen LogP contribution in [0.15, 0.2) is 40.1 Å². The van der Waals surface area contributed by atoms with E-state index < -0.39 is 11.5 Å². The van der Waals surface area contributed by atoms with Crippen molar-refractivity contribution in [1.82, 2.24) is 4.98 Å². The molecule has 21 heavy (non-hydrogen) atoms. The van der Waals surface area contributed by atoms with E-state index in [1.807, 2.05) is 42.6 Å². The molecule has 0 radical (unpaired) electrons. The molecule has 2 N–H and O–H groups in total. The summed E-state index contributed by atoms with van der Waals surface area (Å²) in [5.74, 6) is 0.289. The van der Waals surface area contributed by atoms with Gasteiger partial charge in [-0.15, -0.1) is 11.3 Å². The van der Waals surface area contributed by atoms with E-state index in [0.29, 0.717) is 12.2 Å². The second-order valence-electron chi connectivity index (χ2n) is 4.68. The van der Waals surface area contributed by atoms with Gasteiger partial charge in [-0.2, -0.15) is 0 Å². The van der Waals surface area contributed by atoms with Gasteiger partial charge in [-0.3, -0.25) is 0 Å². The number of esters is 1. The number of thiazole rings is 1. The summed E-state index contributed by atoms with van der Waals surface area (Å²) in [6.07, 6.45) is 0.493. The Morgan fingerprint density at radius 3 is 2.71 bits per heavy atom. The first-order valence-electron chi connectivity index (χ1n) is 6.54. The molecule has 1 unspecified atom stereocenters. The molecule has 6 heteroatoms. The number of nitrogens with zero attached hydrogens (tertiary/aromatic N) is 1. The molecule has 0 amide bonds. The minimum absolute atomic E-state index is 0.412. The third-order valence-corrected chi connectivity index (χ3v) is 5.30. The van der Waals surface area contributed by atoms with Crippen LogP contribution in [0.2, 0.25) is 0 Å². The van der Waals surface area contributed by atoms with Crippen LogP contribution in [0, 0.1) is 6.92 Å². The van der Waals surface area contributed by atoms with E-state index in [9.17, 15) is 4.79 Å². The predicted octanol–water partition coefficient (Wildman–Crippen LogP) is 2.96. The van der Waals surface area contributed by atoms with E-state index in [4.69, 9.17) is 10.5 Å². The third kappa shape index (κ3) is 3.84.